The first-order valence-corrected chi connectivity index (χ1v) is 6.43. The second-order valence-corrected chi connectivity index (χ2v) is 5.57. The van der Waals surface area contributed by atoms with Crippen molar-refractivity contribution in [3.8, 4) is 0 Å². The van der Waals surface area contributed by atoms with Crippen LogP contribution in [0, 0.1) is 0 Å². The number of aromatic nitrogens is 2. The van der Waals surface area contributed by atoms with E-state index in [1.54, 1.807) is 0 Å². The quantitative estimate of drug-likeness (QED) is 0.873. The molecule has 0 aromatic carbocycles. The second kappa shape index (κ2) is 5.63. The Morgan fingerprint density at radius 2 is 2.00 bits per heavy atom. The molecular weight excluding hydrogens is 228 g/mol. The zero-order chi connectivity index (χ0) is 13.0. The Balaban J connectivity index is 2.00. The van der Waals surface area contributed by atoms with Gasteiger partial charge in [0, 0.05) is 31.4 Å². The van der Waals surface area contributed by atoms with Crippen molar-refractivity contribution in [3.63, 3.8) is 0 Å². The first-order valence-electron chi connectivity index (χ1n) is 6.43. The lowest BCUT2D eigenvalue weighted by Crippen LogP contribution is -2.37. The molecule has 5 nitrogen and oxygen atoms in total. The summed E-state index contributed by atoms with van der Waals surface area (Å²) in [6, 6.07) is 0. The SMILES string of the molecule is CC(C)(C)NCc1cncc(N2CCOCC2)n1. The van der Waals surface area contributed by atoms with Gasteiger partial charge in [0.25, 0.3) is 0 Å². The minimum Gasteiger partial charge on any atom is -0.378 e. The fourth-order valence-electron chi connectivity index (χ4n) is 1.78. The van der Waals surface area contributed by atoms with E-state index in [9.17, 15) is 0 Å². The standard InChI is InChI=1S/C13H22N4O/c1-13(2,3)15-9-11-8-14-10-12(16-11)17-4-6-18-7-5-17/h8,10,15H,4-7,9H2,1-3H3. The van der Waals surface area contributed by atoms with Crippen molar-refractivity contribution in [1.82, 2.24) is 15.3 Å². The predicted molar refractivity (Wildman–Crippen MR) is 71.7 cm³/mol. The maximum atomic E-state index is 5.34. The number of nitrogens with zero attached hydrogens (tertiary/aromatic N) is 3. The maximum Gasteiger partial charge on any atom is 0.147 e. The van der Waals surface area contributed by atoms with E-state index in [2.05, 4.69) is 41.0 Å². The van der Waals surface area contributed by atoms with Crippen molar-refractivity contribution >= 4 is 5.82 Å². The molecule has 0 aliphatic carbocycles. The Hall–Kier alpha value is -1.20. The molecule has 1 N–H and O–H groups in total. The van der Waals surface area contributed by atoms with E-state index < -0.39 is 0 Å². The van der Waals surface area contributed by atoms with Crippen molar-refractivity contribution in [2.45, 2.75) is 32.9 Å². The molecule has 1 fully saturated rings. The lowest BCUT2D eigenvalue weighted by atomic mass is 10.1. The van der Waals surface area contributed by atoms with Gasteiger partial charge in [-0.3, -0.25) is 4.98 Å². The fraction of sp³-hybridized carbons (Fsp3) is 0.692. The average molecular weight is 250 g/mol. The summed E-state index contributed by atoms with van der Waals surface area (Å²) < 4.78 is 5.34. The second-order valence-electron chi connectivity index (χ2n) is 5.57. The Morgan fingerprint density at radius 1 is 1.28 bits per heavy atom. The van der Waals surface area contributed by atoms with Gasteiger partial charge in [0.1, 0.15) is 5.82 Å². The molecule has 2 heterocycles. The van der Waals surface area contributed by atoms with E-state index in [4.69, 9.17) is 4.74 Å². The minimum atomic E-state index is 0.0939. The zero-order valence-electron chi connectivity index (χ0n) is 11.4. The van der Waals surface area contributed by atoms with Crippen LogP contribution in [0.25, 0.3) is 0 Å². The van der Waals surface area contributed by atoms with Gasteiger partial charge in [-0.2, -0.15) is 0 Å². The van der Waals surface area contributed by atoms with Crippen LogP contribution < -0.4 is 10.2 Å². The number of nitrogens with one attached hydrogen (secondary N) is 1. The summed E-state index contributed by atoms with van der Waals surface area (Å²) in [5.41, 5.74) is 1.07. The van der Waals surface area contributed by atoms with E-state index in [0.29, 0.717) is 0 Å². The van der Waals surface area contributed by atoms with Gasteiger partial charge in [0.05, 0.1) is 25.1 Å². The van der Waals surface area contributed by atoms with Gasteiger partial charge >= 0.3 is 0 Å². The zero-order valence-corrected chi connectivity index (χ0v) is 11.4. The van der Waals surface area contributed by atoms with Gasteiger partial charge in [-0.15, -0.1) is 0 Å². The molecule has 0 bridgehead atoms. The Bertz CT molecular complexity index is 383. The van der Waals surface area contributed by atoms with Crippen molar-refractivity contribution in [1.29, 1.82) is 0 Å². The highest BCUT2D eigenvalue weighted by molar-refractivity contribution is 5.36. The van der Waals surface area contributed by atoms with E-state index in [1.807, 2.05) is 12.4 Å². The van der Waals surface area contributed by atoms with Crippen LogP contribution in [0.4, 0.5) is 5.82 Å². The van der Waals surface area contributed by atoms with Crippen LogP contribution in [0.15, 0.2) is 12.4 Å². The van der Waals surface area contributed by atoms with E-state index in [1.165, 1.54) is 0 Å². The third-order valence-corrected chi connectivity index (χ3v) is 2.81. The Morgan fingerprint density at radius 3 is 2.67 bits per heavy atom. The van der Waals surface area contributed by atoms with E-state index >= 15 is 0 Å². The van der Waals surface area contributed by atoms with E-state index in [0.717, 1.165) is 44.4 Å². The largest absolute Gasteiger partial charge is 0.378 e. The van der Waals surface area contributed by atoms with Crippen LogP contribution in [-0.4, -0.2) is 41.8 Å². The smallest absolute Gasteiger partial charge is 0.147 e. The van der Waals surface area contributed by atoms with Crippen LogP contribution in [0.1, 0.15) is 26.5 Å². The monoisotopic (exact) mass is 250 g/mol. The molecule has 0 unspecified atom stereocenters. The Labute approximate surface area is 109 Å². The summed E-state index contributed by atoms with van der Waals surface area (Å²) in [6.07, 6.45) is 3.65. The molecule has 5 heteroatoms. The fourth-order valence-corrected chi connectivity index (χ4v) is 1.78. The van der Waals surface area contributed by atoms with Gasteiger partial charge in [-0.1, -0.05) is 0 Å². The molecular formula is C13H22N4O. The lowest BCUT2D eigenvalue weighted by Gasteiger charge is -2.28. The first-order chi connectivity index (χ1) is 8.54. The van der Waals surface area contributed by atoms with Crippen molar-refractivity contribution in [2.75, 3.05) is 31.2 Å². The van der Waals surface area contributed by atoms with Gasteiger partial charge in [-0.05, 0) is 20.8 Å². The molecule has 100 valence electrons. The van der Waals surface area contributed by atoms with Gasteiger partial charge in [-0.25, -0.2) is 4.98 Å². The summed E-state index contributed by atoms with van der Waals surface area (Å²) in [6.45, 7) is 10.5. The highest BCUT2D eigenvalue weighted by Gasteiger charge is 2.14. The van der Waals surface area contributed by atoms with Gasteiger partial charge in [0.2, 0.25) is 0 Å². The predicted octanol–water partition coefficient (Wildman–Crippen LogP) is 1.20. The molecule has 1 aromatic heterocycles. The Kier molecular flexibility index (Phi) is 4.14. The van der Waals surface area contributed by atoms with Crippen LogP contribution >= 0.6 is 0 Å². The highest BCUT2D eigenvalue weighted by atomic mass is 16.5. The molecule has 1 saturated heterocycles. The summed E-state index contributed by atoms with van der Waals surface area (Å²) in [5, 5.41) is 3.42. The average Bonchev–Trinajstić information content (AvgIpc) is 2.37. The number of hydrogen-bond acceptors (Lipinski definition) is 5. The minimum absolute atomic E-state index is 0.0939. The molecule has 1 aliphatic rings. The number of ether oxygens (including phenoxy) is 1. The summed E-state index contributed by atoms with van der Waals surface area (Å²) in [7, 11) is 0. The van der Waals surface area contributed by atoms with Crippen LogP contribution in [0.3, 0.4) is 0 Å². The van der Waals surface area contributed by atoms with Crippen LogP contribution in [-0.2, 0) is 11.3 Å². The molecule has 0 atom stereocenters. The molecule has 18 heavy (non-hydrogen) atoms. The van der Waals surface area contributed by atoms with Crippen molar-refractivity contribution in [2.24, 2.45) is 0 Å². The number of rotatable bonds is 3. The lowest BCUT2D eigenvalue weighted by molar-refractivity contribution is 0.122. The van der Waals surface area contributed by atoms with Gasteiger partial charge in [0.15, 0.2) is 0 Å². The molecule has 0 amide bonds. The highest BCUT2D eigenvalue weighted by Crippen LogP contribution is 2.12. The van der Waals surface area contributed by atoms with Crippen molar-refractivity contribution < 1.29 is 4.74 Å². The molecule has 1 aromatic rings. The normalized spacial score (nSPS) is 16.9. The van der Waals surface area contributed by atoms with Crippen LogP contribution in [0.2, 0.25) is 0 Å². The molecule has 0 spiro atoms. The summed E-state index contributed by atoms with van der Waals surface area (Å²) in [5.74, 6) is 0.950. The molecule has 0 radical (unpaired) electrons. The third kappa shape index (κ3) is 3.92. The number of hydrogen-bond donors (Lipinski definition) is 1. The van der Waals surface area contributed by atoms with Crippen LogP contribution in [0.5, 0.6) is 0 Å². The van der Waals surface area contributed by atoms with Gasteiger partial charge < -0.3 is 15.0 Å². The molecule has 1 aliphatic heterocycles. The van der Waals surface area contributed by atoms with Crippen molar-refractivity contribution in [3.05, 3.63) is 18.1 Å². The maximum absolute atomic E-state index is 5.34. The first kappa shape index (κ1) is 13.2. The summed E-state index contributed by atoms with van der Waals surface area (Å²) >= 11 is 0. The number of morpholine rings is 1. The molecule has 2 rings (SSSR count). The van der Waals surface area contributed by atoms with E-state index in [-0.39, 0.29) is 5.54 Å². The molecule has 0 saturated carbocycles. The topological polar surface area (TPSA) is 50.3 Å². The number of anilines is 1. The third-order valence-electron chi connectivity index (χ3n) is 2.81. The summed E-state index contributed by atoms with van der Waals surface area (Å²) in [4.78, 5) is 11.1.